The number of methoxy groups -OCH3 is 1. The number of alkyl carbamates (subject to hydrolysis) is 1. The Kier molecular flexibility index (Phi) is 9.04. The third-order valence-corrected chi connectivity index (χ3v) is 3.91. The second kappa shape index (κ2) is 11.0. The van der Waals surface area contributed by atoms with Crippen LogP contribution in [0.5, 0.6) is 0 Å². The molecular formula is C21H29N3O6. The number of benzene rings is 1. The third kappa shape index (κ3) is 7.94. The highest BCUT2D eigenvalue weighted by Gasteiger charge is 2.29. The smallest absolute Gasteiger partial charge is 0.408 e. The molecule has 0 aliphatic carbocycles. The molecule has 0 radical (unpaired) electrons. The zero-order chi connectivity index (χ0) is 22.9. The van der Waals surface area contributed by atoms with E-state index in [1.54, 1.807) is 51.1 Å². The number of ether oxygens (including phenoxy) is 2. The average molecular weight is 419 g/mol. The van der Waals surface area contributed by atoms with Crippen molar-refractivity contribution in [2.75, 3.05) is 27.2 Å². The molecule has 0 bridgehead atoms. The van der Waals surface area contributed by atoms with Crippen LogP contribution in [0.2, 0.25) is 0 Å². The van der Waals surface area contributed by atoms with Crippen LogP contribution in [0.4, 0.5) is 4.79 Å². The largest absolute Gasteiger partial charge is 0.468 e. The van der Waals surface area contributed by atoms with Crippen LogP contribution in [0, 0.1) is 0 Å². The molecule has 1 atom stereocenters. The zero-order valence-corrected chi connectivity index (χ0v) is 18.0. The Hall–Kier alpha value is -3.36. The Bertz CT molecular complexity index is 800. The zero-order valence-electron chi connectivity index (χ0n) is 18.0. The van der Waals surface area contributed by atoms with Crippen molar-refractivity contribution in [2.24, 2.45) is 0 Å². The molecule has 0 heterocycles. The molecule has 2 N–H and O–H groups in total. The van der Waals surface area contributed by atoms with Gasteiger partial charge in [-0.15, -0.1) is 0 Å². The van der Waals surface area contributed by atoms with E-state index in [0.29, 0.717) is 5.56 Å². The first-order valence-electron chi connectivity index (χ1n) is 9.28. The number of carbonyl (C=O) groups is 4. The Labute approximate surface area is 176 Å². The van der Waals surface area contributed by atoms with Crippen molar-refractivity contribution in [1.82, 2.24) is 15.5 Å². The maximum atomic E-state index is 12.8. The highest BCUT2D eigenvalue weighted by Crippen LogP contribution is 2.21. The highest BCUT2D eigenvalue weighted by molar-refractivity contribution is 5.91. The van der Waals surface area contributed by atoms with Gasteiger partial charge < -0.3 is 25.0 Å². The Balaban J connectivity index is 3.00. The molecular weight excluding hydrogens is 390 g/mol. The molecule has 164 valence electrons. The maximum absolute atomic E-state index is 12.8. The van der Waals surface area contributed by atoms with Crippen molar-refractivity contribution in [2.45, 2.75) is 32.4 Å². The van der Waals surface area contributed by atoms with Gasteiger partial charge >= 0.3 is 12.1 Å². The SMILES string of the molecule is C=Cc1cccc(C(C(=O)NCC(=O)OC)N(C)C(=O)CNC(=O)OC(C)(C)C)c1. The lowest BCUT2D eigenvalue weighted by Crippen LogP contribution is -2.46. The van der Waals surface area contributed by atoms with E-state index >= 15 is 0 Å². The molecule has 9 heteroatoms. The van der Waals surface area contributed by atoms with Gasteiger partial charge in [-0.05, 0) is 38.0 Å². The van der Waals surface area contributed by atoms with Gasteiger partial charge in [0.1, 0.15) is 24.7 Å². The molecule has 3 amide bonds. The summed E-state index contributed by atoms with van der Waals surface area (Å²) in [5.41, 5.74) is 0.564. The molecule has 30 heavy (non-hydrogen) atoms. The van der Waals surface area contributed by atoms with Gasteiger partial charge in [-0.3, -0.25) is 14.4 Å². The standard InChI is InChI=1S/C21H29N3O6/c1-7-14-9-8-10-15(11-14)18(19(27)22-13-17(26)29-6)24(5)16(25)12-23-20(28)30-21(2,3)4/h7-11,18H,1,12-13H2,2-6H3,(H,22,27)(H,23,28). The second-order valence-corrected chi connectivity index (χ2v) is 7.43. The van der Waals surface area contributed by atoms with Gasteiger partial charge in [0.15, 0.2) is 0 Å². The molecule has 1 unspecified atom stereocenters. The van der Waals surface area contributed by atoms with E-state index in [1.165, 1.54) is 19.1 Å². The quantitative estimate of drug-likeness (QED) is 0.619. The van der Waals surface area contributed by atoms with Crippen molar-refractivity contribution in [1.29, 1.82) is 0 Å². The third-order valence-electron chi connectivity index (χ3n) is 3.91. The molecule has 0 fully saturated rings. The van der Waals surface area contributed by atoms with Crippen LogP contribution >= 0.6 is 0 Å². The Morgan fingerprint density at radius 3 is 2.40 bits per heavy atom. The van der Waals surface area contributed by atoms with Crippen LogP contribution in [0.25, 0.3) is 6.08 Å². The van der Waals surface area contributed by atoms with Crippen LogP contribution in [0.1, 0.15) is 37.9 Å². The van der Waals surface area contributed by atoms with E-state index in [9.17, 15) is 19.2 Å². The molecule has 9 nitrogen and oxygen atoms in total. The van der Waals surface area contributed by atoms with E-state index in [-0.39, 0.29) is 13.1 Å². The lowest BCUT2D eigenvalue weighted by molar-refractivity contribution is -0.143. The van der Waals surface area contributed by atoms with Gasteiger partial charge in [0.2, 0.25) is 11.8 Å². The Morgan fingerprint density at radius 2 is 1.83 bits per heavy atom. The van der Waals surface area contributed by atoms with Crippen molar-refractivity contribution in [3.05, 3.63) is 42.0 Å². The summed E-state index contributed by atoms with van der Waals surface area (Å²) in [5, 5.41) is 4.83. The predicted molar refractivity (Wildman–Crippen MR) is 111 cm³/mol. The van der Waals surface area contributed by atoms with Gasteiger partial charge in [0.05, 0.1) is 7.11 Å². The highest BCUT2D eigenvalue weighted by atomic mass is 16.6. The van der Waals surface area contributed by atoms with E-state index < -0.39 is 35.5 Å². The van der Waals surface area contributed by atoms with Crippen molar-refractivity contribution in [3.8, 4) is 0 Å². The maximum Gasteiger partial charge on any atom is 0.408 e. The number of rotatable bonds is 8. The summed E-state index contributed by atoms with van der Waals surface area (Å²) >= 11 is 0. The fourth-order valence-corrected chi connectivity index (χ4v) is 2.47. The molecule has 0 saturated heterocycles. The van der Waals surface area contributed by atoms with Gasteiger partial charge in [0, 0.05) is 7.05 Å². The summed E-state index contributed by atoms with van der Waals surface area (Å²) in [4.78, 5) is 49.8. The summed E-state index contributed by atoms with van der Waals surface area (Å²) in [7, 11) is 2.64. The number of hydrogen-bond donors (Lipinski definition) is 2. The van der Waals surface area contributed by atoms with Gasteiger partial charge in [-0.1, -0.05) is 30.9 Å². The molecule has 0 spiro atoms. The van der Waals surface area contributed by atoms with E-state index in [2.05, 4.69) is 21.9 Å². The number of likely N-dealkylation sites (N-methyl/N-ethyl adjacent to an activating group) is 1. The summed E-state index contributed by atoms with van der Waals surface area (Å²) in [6, 6.07) is 5.87. The minimum Gasteiger partial charge on any atom is -0.468 e. The molecule has 0 aliphatic heterocycles. The van der Waals surface area contributed by atoms with Crippen molar-refractivity contribution in [3.63, 3.8) is 0 Å². The van der Waals surface area contributed by atoms with Crippen LogP contribution < -0.4 is 10.6 Å². The van der Waals surface area contributed by atoms with Crippen LogP contribution in [-0.2, 0) is 23.9 Å². The first-order chi connectivity index (χ1) is 14.0. The van der Waals surface area contributed by atoms with E-state index in [1.807, 2.05) is 0 Å². The van der Waals surface area contributed by atoms with Gasteiger partial charge in [-0.25, -0.2) is 4.79 Å². The molecule has 0 aromatic heterocycles. The van der Waals surface area contributed by atoms with Crippen LogP contribution in [-0.4, -0.2) is 61.6 Å². The minimum atomic E-state index is -1.04. The minimum absolute atomic E-state index is 0.342. The number of nitrogens with zero attached hydrogens (tertiary/aromatic N) is 1. The average Bonchev–Trinajstić information content (AvgIpc) is 2.69. The van der Waals surface area contributed by atoms with Crippen LogP contribution in [0.3, 0.4) is 0 Å². The molecule has 0 aliphatic rings. The predicted octanol–water partition coefficient (Wildman–Crippen LogP) is 1.64. The number of carbonyl (C=O) groups excluding carboxylic acids is 4. The van der Waals surface area contributed by atoms with Gasteiger partial charge in [0.25, 0.3) is 0 Å². The van der Waals surface area contributed by atoms with Gasteiger partial charge in [-0.2, -0.15) is 0 Å². The first kappa shape index (κ1) is 24.7. The number of hydrogen-bond acceptors (Lipinski definition) is 6. The molecule has 0 saturated carbocycles. The monoisotopic (exact) mass is 419 g/mol. The lowest BCUT2D eigenvalue weighted by Gasteiger charge is -2.28. The fraction of sp³-hybridized carbons (Fsp3) is 0.429. The van der Waals surface area contributed by atoms with Crippen molar-refractivity contribution >= 4 is 30.0 Å². The summed E-state index contributed by atoms with van der Waals surface area (Å²) in [5.74, 6) is -1.72. The van der Waals surface area contributed by atoms with Crippen LogP contribution in [0.15, 0.2) is 30.8 Å². The topological polar surface area (TPSA) is 114 Å². The summed E-state index contributed by atoms with van der Waals surface area (Å²) in [6.07, 6.45) is 0.864. The molecule has 1 aromatic rings. The number of nitrogens with one attached hydrogen (secondary N) is 2. The normalized spacial score (nSPS) is 11.6. The summed E-state index contributed by atoms with van der Waals surface area (Å²) < 4.78 is 9.63. The molecule has 1 aromatic carbocycles. The van der Waals surface area contributed by atoms with E-state index in [4.69, 9.17) is 4.74 Å². The number of esters is 1. The fourth-order valence-electron chi connectivity index (χ4n) is 2.47. The second-order valence-electron chi connectivity index (χ2n) is 7.43. The number of amides is 3. The summed E-state index contributed by atoms with van der Waals surface area (Å²) in [6.45, 7) is 8.10. The molecule has 1 rings (SSSR count). The first-order valence-corrected chi connectivity index (χ1v) is 9.28. The Morgan fingerprint density at radius 1 is 1.17 bits per heavy atom. The van der Waals surface area contributed by atoms with Crippen molar-refractivity contribution < 1.29 is 28.7 Å². The lowest BCUT2D eigenvalue weighted by atomic mass is 10.0. The van der Waals surface area contributed by atoms with E-state index in [0.717, 1.165) is 5.56 Å².